The summed E-state index contributed by atoms with van der Waals surface area (Å²) in [6.07, 6.45) is 1.06. The van der Waals surface area contributed by atoms with Crippen LogP contribution >= 0.6 is 11.6 Å². The Hall–Kier alpha value is -0.680. The minimum absolute atomic E-state index is 0.148. The SMILES string of the molecule is CC(C)(C)c1cc(Cl)nc(S(C)(=O)=O)n1. The van der Waals surface area contributed by atoms with E-state index in [1.54, 1.807) is 6.07 Å². The Kier molecular flexibility index (Phi) is 3.07. The van der Waals surface area contributed by atoms with Crippen molar-refractivity contribution in [3.8, 4) is 0 Å². The molecule has 6 heteroatoms. The molecule has 0 radical (unpaired) electrons. The molecule has 1 heterocycles. The van der Waals surface area contributed by atoms with Crippen LogP contribution in [0.25, 0.3) is 0 Å². The van der Waals surface area contributed by atoms with Gasteiger partial charge in [-0.15, -0.1) is 0 Å². The Morgan fingerprint density at radius 3 is 2.20 bits per heavy atom. The number of hydrogen-bond donors (Lipinski definition) is 0. The van der Waals surface area contributed by atoms with Gasteiger partial charge in [-0.3, -0.25) is 0 Å². The Morgan fingerprint density at radius 2 is 1.80 bits per heavy atom. The maximum atomic E-state index is 11.3. The molecule has 0 unspecified atom stereocenters. The highest BCUT2D eigenvalue weighted by atomic mass is 35.5. The van der Waals surface area contributed by atoms with E-state index >= 15 is 0 Å². The molecule has 0 aromatic carbocycles. The third-order valence-corrected chi connectivity index (χ3v) is 2.81. The largest absolute Gasteiger partial charge is 0.248 e. The molecule has 0 fully saturated rings. The van der Waals surface area contributed by atoms with Gasteiger partial charge in [0.2, 0.25) is 15.0 Å². The molecule has 0 atom stereocenters. The lowest BCUT2D eigenvalue weighted by molar-refractivity contribution is 0.550. The third-order valence-electron chi connectivity index (χ3n) is 1.77. The van der Waals surface area contributed by atoms with Crippen molar-refractivity contribution in [2.75, 3.05) is 6.26 Å². The molecule has 4 nitrogen and oxygen atoms in total. The first-order valence-electron chi connectivity index (χ1n) is 4.36. The highest BCUT2D eigenvalue weighted by Crippen LogP contribution is 2.23. The number of halogens is 1. The maximum absolute atomic E-state index is 11.3. The van der Waals surface area contributed by atoms with Gasteiger partial charge in [0.05, 0.1) is 5.69 Å². The van der Waals surface area contributed by atoms with E-state index < -0.39 is 9.84 Å². The molecule has 0 saturated heterocycles. The summed E-state index contributed by atoms with van der Waals surface area (Å²) in [6.45, 7) is 5.78. The van der Waals surface area contributed by atoms with Gasteiger partial charge in [0.1, 0.15) is 5.15 Å². The van der Waals surface area contributed by atoms with Gasteiger partial charge in [0.25, 0.3) is 0 Å². The predicted molar refractivity (Wildman–Crippen MR) is 58.9 cm³/mol. The molecule has 0 aliphatic heterocycles. The zero-order valence-corrected chi connectivity index (χ0v) is 10.6. The zero-order chi connectivity index (χ0) is 11.9. The van der Waals surface area contributed by atoms with Crippen molar-refractivity contribution in [1.82, 2.24) is 9.97 Å². The van der Waals surface area contributed by atoms with Crippen molar-refractivity contribution in [1.29, 1.82) is 0 Å². The van der Waals surface area contributed by atoms with Crippen molar-refractivity contribution in [3.63, 3.8) is 0 Å². The van der Waals surface area contributed by atoms with Crippen molar-refractivity contribution < 1.29 is 8.42 Å². The van der Waals surface area contributed by atoms with E-state index in [0.717, 1.165) is 6.26 Å². The lowest BCUT2D eigenvalue weighted by Gasteiger charge is -2.17. The molecule has 0 amide bonds. The normalized spacial score (nSPS) is 12.9. The maximum Gasteiger partial charge on any atom is 0.248 e. The van der Waals surface area contributed by atoms with Gasteiger partial charge in [-0.25, -0.2) is 18.4 Å². The average Bonchev–Trinajstić information content (AvgIpc) is 1.99. The second-order valence-electron chi connectivity index (χ2n) is 4.38. The Labute approximate surface area is 94.6 Å². The molecular weight excluding hydrogens is 236 g/mol. The summed E-state index contributed by atoms with van der Waals surface area (Å²) >= 11 is 5.75. The Bertz CT molecular complexity index is 477. The van der Waals surface area contributed by atoms with Crippen molar-refractivity contribution in [2.24, 2.45) is 0 Å². The molecule has 0 N–H and O–H groups in total. The molecule has 0 spiro atoms. The highest BCUT2D eigenvalue weighted by Gasteiger charge is 2.20. The van der Waals surface area contributed by atoms with Crippen LogP contribution in [-0.4, -0.2) is 24.6 Å². The highest BCUT2D eigenvalue weighted by molar-refractivity contribution is 7.90. The van der Waals surface area contributed by atoms with E-state index in [9.17, 15) is 8.42 Å². The summed E-state index contributed by atoms with van der Waals surface area (Å²) in [5.74, 6) is 0. The van der Waals surface area contributed by atoms with Crippen molar-refractivity contribution >= 4 is 21.4 Å². The standard InChI is InChI=1S/C9H13ClN2O2S/c1-9(2,3)6-5-7(10)12-8(11-6)15(4,13)14/h5H,1-4H3. The molecular formula is C9H13ClN2O2S. The Morgan fingerprint density at radius 1 is 1.27 bits per heavy atom. The van der Waals surface area contributed by atoms with Crippen LogP contribution in [0.3, 0.4) is 0 Å². The van der Waals surface area contributed by atoms with E-state index in [-0.39, 0.29) is 15.7 Å². The van der Waals surface area contributed by atoms with E-state index in [1.165, 1.54) is 0 Å². The first-order chi connectivity index (χ1) is 6.60. The predicted octanol–water partition coefficient (Wildman–Crippen LogP) is 1.83. The topological polar surface area (TPSA) is 59.9 Å². The van der Waals surface area contributed by atoms with Crippen molar-refractivity contribution in [3.05, 3.63) is 16.9 Å². The number of aromatic nitrogens is 2. The minimum atomic E-state index is -3.41. The fourth-order valence-corrected chi connectivity index (χ4v) is 1.71. The van der Waals surface area contributed by atoms with Gasteiger partial charge < -0.3 is 0 Å². The quantitative estimate of drug-likeness (QED) is 0.562. The summed E-state index contributed by atoms with van der Waals surface area (Å²) in [5.41, 5.74) is 0.356. The molecule has 15 heavy (non-hydrogen) atoms. The lowest BCUT2D eigenvalue weighted by Crippen LogP contribution is -2.16. The molecule has 84 valence electrons. The first kappa shape index (κ1) is 12.4. The van der Waals surface area contributed by atoms with E-state index in [1.807, 2.05) is 20.8 Å². The van der Waals surface area contributed by atoms with Crippen LogP contribution in [0, 0.1) is 0 Å². The number of rotatable bonds is 1. The van der Waals surface area contributed by atoms with Crippen LogP contribution in [0.5, 0.6) is 0 Å². The molecule has 0 saturated carbocycles. The van der Waals surface area contributed by atoms with Crippen molar-refractivity contribution in [2.45, 2.75) is 31.3 Å². The van der Waals surface area contributed by atoms with Crippen LogP contribution in [0.4, 0.5) is 0 Å². The fraction of sp³-hybridized carbons (Fsp3) is 0.556. The van der Waals surface area contributed by atoms with E-state index in [4.69, 9.17) is 11.6 Å². The van der Waals surface area contributed by atoms with Crippen LogP contribution in [0.1, 0.15) is 26.5 Å². The zero-order valence-electron chi connectivity index (χ0n) is 9.07. The Balaban J connectivity index is 3.43. The van der Waals surface area contributed by atoms with Gasteiger partial charge in [0.15, 0.2) is 0 Å². The molecule has 0 aliphatic carbocycles. The summed E-state index contributed by atoms with van der Waals surface area (Å²) in [6, 6.07) is 1.58. The number of hydrogen-bond acceptors (Lipinski definition) is 4. The van der Waals surface area contributed by atoms with Gasteiger partial charge in [0, 0.05) is 11.7 Å². The van der Waals surface area contributed by atoms with Gasteiger partial charge in [-0.1, -0.05) is 32.4 Å². The molecule has 0 aliphatic rings. The van der Waals surface area contributed by atoms with Crippen LogP contribution in [0.2, 0.25) is 5.15 Å². The third kappa shape index (κ3) is 3.14. The second kappa shape index (κ2) is 3.72. The van der Waals surface area contributed by atoms with E-state index in [0.29, 0.717) is 5.69 Å². The summed E-state index contributed by atoms with van der Waals surface area (Å²) in [5, 5.41) is -0.0738. The van der Waals surface area contributed by atoms with E-state index in [2.05, 4.69) is 9.97 Å². The van der Waals surface area contributed by atoms with Crippen LogP contribution in [-0.2, 0) is 15.3 Å². The molecule has 1 rings (SSSR count). The van der Waals surface area contributed by atoms with Gasteiger partial charge in [-0.2, -0.15) is 0 Å². The summed E-state index contributed by atoms with van der Waals surface area (Å²) in [4.78, 5) is 7.68. The molecule has 1 aromatic heterocycles. The number of nitrogens with zero attached hydrogens (tertiary/aromatic N) is 2. The smallest absolute Gasteiger partial charge is 0.223 e. The molecule has 0 bridgehead atoms. The monoisotopic (exact) mass is 248 g/mol. The minimum Gasteiger partial charge on any atom is -0.223 e. The van der Waals surface area contributed by atoms with Gasteiger partial charge in [-0.05, 0) is 6.07 Å². The average molecular weight is 249 g/mol. The van der Waals surface area contributed by atoms with Gasteiger partial charge >= 0.3 is 0 Å². The van der Waals surface area contributed by atoms with Crippen LogP contribution < -0.4 is 0 Å². The number of sulfone groups is 1. The first-order valence-corrected chi connectivity index (χ1v) is 6.63. The lowest BCUT2D eigenvalue weighted by atomic mass is 9.92. The molecule has 1 aromatic rings. The summed E-state index contributed by atoms with van der Waals surface area (Å²) in [7, 11) is -3.41. The fourth-order valence-electron chi connectivity index (χ4n) is 0.947. The summed E-state index contributed by atoms with van der Waals surface area (Å²) < 4.78 is 22.6. The second-order valence-corrected chi connectivity index (χ2v) is 6.68. The van der Waals surface area contributed by atoms with Crippen LogP contribution in [0.15, 0.2) is 11.2 Å².